The number of carbonyl (C=O) groups excluding carboxylic acids is 1. The van der Waals surface area contributed by atoms with Crippen LogP contribution in [0.25, 0.3) is 0 Å². The van der Waals surface area contributed by atoms with Crippen LogP contribution in [0.1, 0.15) is 27.7 Å². The van der Waals surface area contributed by atoms with Crippen molar-refractivity contribution in [3.05, 3.63) is 68.5 Å². The van der Waals surface area contributed by atoms with Gasteiger partial charge in [-0.3, -0.25) is 19.9 Å². The molecule has 1 amide bonds. The second-order valence-corrected chi connectivity index (χ2v) is 6.29. The minimum absolute atomic E-state index is 0. The fourth-order valence-corrected chi connectivity index (χ4v) is 3.15. The highest BCUT2D eigenvalue weighted by molar-refractivity contribution is 6.30. The molecule has 3 rings (SSSR count). The predicted octanol–water partition coefficient (Wildman–Crippen LogP) is 3.16. The number of nitro groups is 1. The van der Waals surface area contributed by atoms with Crippen LogP contribution in [0.5, 0.6) is 0 Å². The number of piperazine rings is 1. The number of nitrogens with one attached hydrogen (secondary N) is 1. The highest BCUT2D eigenvalue weighted by Crippen LogP contribution is 2.27. The second kappa shape index (κ2) is 8.44. The van der Waals surface area contributed by atoms with Crippen LogP contribution in [0.3, 0.4) is 0 Å². The molecule has 1 aromatic carbocycles. The van der Waals surface area contributed by atoms with Crippen LogP contribution in [0.15, 0.2) is 36.5 Å². The van der Waals surface area contributed by atoms with Crippen LogP contribution < -0.4 is 5.32 Å². The van der Waals surface area contributed by atoms with E-state index in [9.17, 15) is 14.9 Å². The first kappa shape index (κ1) is 20.1. The van der Waals surface area contributed by atoms with Gasteiger partial charge >= 0.3 is 0 Å². The number of aryl methyl sites for hydroxylation is 1. The molecule has 1 unspecified atom stereocenters. The molecule has 1 aromatic heterocycles. The largest absolute Gasteiger partial charge is 0.329 e. The molecule has 0 radical (unpaired) electrons. The number of carbonyl (C=O) groups is 1. The van der Waals surface area contributed by atoms with Gasteiger partial charge < -0.3 is 10.2 Å². The van der Waals surface area contributed by atoms with Crippen LogP contribution in [-0.4, -0.2) is 40.3 Å². The number of halogens is 2. The van der Waals surface area contributed by atoms with E-state index in [1.807, 2.05) is 18.2 Å². The molecule has 1 fully saturated rings. The second-order valence-electron chi connectivity index (χ2n) is 5.86. The SMILES string of the molecule is Cc1ncc([N+](=O)[O-])cc1C(=O)N1CCNCC1c1cccc(Cl)c1.Cl. The molecule has 0 saturated carbocycles. The zero-order valence-electron chi connectivity index (χ0n) is 14.0. The van der Waals surface area contributed by atoms with Crippen molar-refractivity contribution < 1.29 is 9.72 Å². The molecule has 2 aromatic rings. The van der Waals surface area contributed by atoms with Gasteiger partial charge in [-0.25, -0.2) is 0 Å². The molecule has 7 nitrogen and oxygen atoms in total. The number of nitrogens with zero attached hydrogens (tertiary/aromatic N) is 3. The Labute approximate surface area is 161 Å². The van der Waals surface area contributed by atoms with Crippen molar-refractivity contribution in [3.63, 3.8) is 0 Å². The number of aromatic nitrogens is 1. The van der Waals surface area contributed by atoms with Gasteiger partial charge in [0.05, 0.1) is 22.2 Å². The summed E-state index contributed by atoms with van der Waals surface area (Å²) in [7, 11) is 0. The Bertz CT molecular complexity index is 831. The number of hydrogen-bond donors (Lipinski definition) is 1. The fraction of sp³-hybridized carbons (Fsp3) is 0.294. The summed E-state index contributed by atoms with van der Waals surface area (Å²) in [5.74, 6) is -0.264. The van der Waals surface area contributed by atoms with Crippen LogP contribution in [-0.2, 0) is 0 Å². The van der Waals surface area contributed by atoms with Crippen LogP contribution >= 0.6 is 24.0 Å². The predicted molar refractivity (Wildman–Crippen MR) is 101 cm³/mol. The molecule has 0 aliphatic carbocycles. The highest BCUT2D eigenvalue weighted by Gasteiger charge is 2.30. The summed E-state index contributed by atoms with van der Waals surface area (Å²) < 4.78 is 0. The lowest BCUT2D eigenvalue weighted by Gasteiger charge is -2.36. The molecule has 0 spiro atoms. The van der Waals surface area contributed by atoms with Gasteiger partial charge in [-0.15, -0.1) is 12.4 Å². The van der Waals surface area contributed by atoms with Gasteiger partial charge in [-0.05, 0) is 24.6 Å². The number of rotatable bonds is 3. The first-order chi connectivity index (χ1) is 12.0. The van der Waals surface area contributed by atoms with E-state index in [2.05, 4.69) is 10.3 Å². The van der Waals surface area contributed by atoms with Crippen molar-refractivity contribution in [2.24, 2.45) is 0 Å². The van der Waals surface area contributed by atoms with E-state index in [0.29, 0.717) is 30.4 Å². The van der Waals surface area contributed by atoms with Crippen LogP contribution in [0.4, 0.5) is 5.69 Å². The summed E-state index contributed by atoms with van der Waals surface area (Å²) in [4.78, 5) is 29.2. The molecule has 1 saturated heterocycles. The number of benzene rings is 1. The Kier molecular flexibility index (Phi) is 6.52. The summed E-state index contributed by atoms with van der Waals surface area (Å²) in [5.41, 5.74) is 1.45. The summed E-state index contributed by atoms with van der Waals surface area (Å²) >= 11 is 6.08. The molecule has 9 heteroatoms. The molecule has 138 valence electrons. The lowest BCUT2D eigenvalue weighted by atomic mass is 10.0. The number of hydrogen-bond acceptors (Lipinski definition) is 5. The van der Waals surface area contributed by atoms with Crippen molar-refractivity contribution in [1.29, 1.82) is 0 Å². The van der Waals surface area contributed by atoms with Gasteiger partial charge in [0.25, 0.3) is 11.6 Å². The number of pyridine rings is 1. The first-order valence-corrected chi connectivity index (χ1v) is 8.23. The standard InChI is InChI=1S/C17H17ClN4O3.ClH/c1-11-15(8-14(9-20-11)22(24)25)17(23)21-6-5-19-10-16(21)12-3-2-4-13(18)7-12;/h2-4,7-9,16,19H,5-6,10H2,1H3;1H. The van der Waals surface area contributed by atoms with Crippen molar-refractivity contribution in [2.75, 3.05) is 19.6 Å². The molecular formula is C17H18Cl2N4O3. The lowest BCUT2D eigenvalue weighted by molar-refractivity contribution is -0.385. The molecule has 1 aliphatic rings. The van der Waals surface area contributed by atoms with E-state index >= 15 is 0 Å². The van der Waals surface area contributed by atoms with Crippen LogP contribution in [0.2, 0.25) is 5.02 Å². The van der Waals surface area contributed by atoms with E-state index < -0.39 is 4.92 Å². The van der Waals surface area contributed by atoms with E-state index in [1.165, 1.54) is 12.3 Å². The smallest absolute Gasteiger partial charge is 0.288 e. The number of amides is 1. The maximum atomic E-state index is 13.1. The van der Waals surface area contributed by atoms with E-state index in [0.717, 1.165) is 5.56 Å². The lowest BCUT2D eigenvalue weighted by Crippen LogP contribution is -2.48. The maximum absolute atomic E-state index is 13.1. The Morgan fingerprint density at radius 3 is 2.88 bits per heavy atom. The third-order valence-corrected chi connectivity index (χ3v) is 4.49. The summed E-state index contributed by atoms with van der Waals surface area (Å²) in [6.07, 6.45) is 1.17. The van der Waals surface area contributed by atoms with Crippen LogP contribution in [0, 0.1) is 17.0 Å². The topological polar surface area (TPSA) is 88.4 Å². The Balaban J connectivity index is 0.00000243. The molecule has 2 heterocycles. The normalized spacial score (nSPS) is 16.7. The van der Waals surface area contributed by atoms with Gasteiger partial charge in [0.15, 0.2) is 0 Å². The van der Waals surface area contributed by atoms with Gasteiger partial charge in [0.1, 0.15) is 6.20 Å². The molecule has 1 aliphatic heterocycles. The Morgan fingerprint density at radius 2 is 2.19 bits per heavy atom. The van der Waals surface area contributed by atoms with E-state index in [-0.39, 0.29) is 35.6 Å². The third-order valence-electron chi connectivity index (χ3n) is 4.25. The third kappa shape index (κ3) is 4.12. The van der Waals surface area contributed by atoms with Gasteiger partial charge in [0.2, 0.25) is 0 Å². The van der Waals surface area contributed by atoms with Crippen molar-refractivity contribution in [1.82, 2.24) is 15.2 Å². The highest BCUT2D eigenvalue weighted by atomic mass is 35.5. The summed E-state index contributed by atoms with van der Waals surface area (Å²) in [5, 5.41) is 14.9. The average molecular weight is 397 g/mol. The Morgan fingerprint density at radius 1 is 1.42 bits per heavy atom. The van der Waals surface area contributed by atoms with Gasteiger partial charge in [0, 0.05) is 30.7 Å². The van der Waals surface area contributed by atoms with Crippen molar-refractivity contribution >= 4 is 35.6 Å². The molecule has 1 atom stereocenters. The van der Waals surface area contributed by atoms with E-state index in [1.54, 1.807) is 17.9 Å². The van der Waals surface area contributed by atoms with Gasteiger partial charge in [-0.2, -0.15) is 0 Å². The van der Waals surface area contributed by atoms with Crippen molar-refractivity contribution in [2.45, 2.75) is 13.0 Å². The Hall–Kier alpha value is -2.22. The molecular weight excluding hydrogens is 379 g/mol. The van der Waals surface area contributed by atoms with Crippen molar-refractivity contribution in [3.8, 4) is 0 Å². The zero-order chi connectivity index (χ0) is 18.0. The average Bonchev–Trinajstić information content (AvgIpc) is 2.61. The van der Waals surface area contributed by atoms with Gasteiger partial charge in [-0.1, -0.05) is 23.7 Å². The maximum Gasteiger partial charge on any atom is 0.288 e. The quantitative estimate of drug-likeness (QED) is 0.635. The summed E-state index contributed by atoms with van der Waals surface area (Å²) in [6, 6.07) is 8.47. The molecule has 1 N–H and O–H groups in total. The minimum atomic E-state index is -0.546. The fourth-order valence-electron chi connectivity index (χ4n) is 2.95. The van der Waals surface area contributed by atoms with E-state index in [4.69, 9.17) is 11.6 Å². The minimum Gasteiger partial charge on any atom is -0.329 e. The first-order valence-electron chi connectivity index (χ1n) is 7.85. The molecule has 0 bridgehead atoms. The zero-order valence-corrected chi connectivity index (χ0v) is 15.6. The summed E-state index contributed by atoms with van der Waals surface area (Å²) in [6.45, 7) is 3.42. The molecule has 26 heavy (non-hydrogen) atoms. The monoisotopic (exact) mass is 396 g/mol.